The Kier molecular flexibility index (Phi) is 8.84. The molecular formula is C24H31NO5. The van der Waals surface area contributed by atoms with Crippen LogP contribution >= 0.6 is 0 Å². The van der Waals surface area contributed by atoms with Gasteiger partial charge in [0.25, 0.3) is 0 Å². The van der Waals surface area contributed by atoms with E-state index in [4.69, 9.17) is 9.47 Å². The van der Waals surface area contributed by atoms with Gasteiger partial charge in [-0.3, -0.25) is 9.59 Å². The Labute approximate surface area is 178 Å². The van der Waals surface area contributed by atoms with Crippen molar-refractivity contribution in [2.24, 2.45) is 11.8 Å². The summed E-state index contributed by atoms with van der Waals surface area (Å²) in [5, 5.41) is 10.1. The van der Waals surface area contributed by atoms with Crippen LogP contribution in [-0.2, 0) is 16.0 Å². The van der Waals surface area contributed by atoms with Crippen molar-refractivity contribution < 1.29 is 24.2 Å². The second-order valence-electron chi connectivity index (χ2n) is 7.62. The van der Waals surface area contributed by atoms with Crippen LogP contribution in [0, 0.1) is 11.8 Å². The van der Waals surface area contributed by atoms with Crippen LogP contribution in [0.1, 0.15) is 56.1 Å². The predicted molar refractivity (Wildman–Crippen MR) is 115 cm³/mol. The second kappa shape index (κ2) is 11.3. The Balaban J connectivity index is 1.98. The molecule has 0 saturated heterocycles. The average Bonchev–Trinajstić information content (AvgIpc) is 2.74. The number of ether oxygens (including phenoxy) is 2. The lowest BCUT2D eigenvalue weighted by atomic mass is 9.90. The van der Waals surface area contributed by atoms with Crippen molar-refractivity contribution in [3.05, 3.63) is 53.9 Å². The maximum atomic E-state index is 12.6. The van der Waals surface area contributed by atoms with Gasteiger partial charge in [-0.1, -0.05) is 50.6 Å². The molecule has 0 fully saturated rings. The zero-order valence-electron chi connectivity index (χ0n) is 18.1. The quantitative estimate of drug-likeness (QED) is 0.428. The standard InChI is InChI=1S/C24H31NO5/c1-5-9-19(15-18-10-7-6-8-11-18)17(3)30-24(28)16(2)14-20(26)22-23(27)21(29-4)12-13-25-22/h6-8,10-13,16-17,19,27H,5,9,14-15H2,1-4H3/t16-,17+,19+/m1/s1. The molecule has 2 rings (SSSR count). The molecule has 2 aromatic rings. The number of nitrogens with zero attached hydrogens (tertiary/aromatic N) is 1. The highest BCUT2D eigenvalue weighted by molar-refractivity contribution is 5.99. The summed E-state index contributed by atoms with van der Waals surface area (Å²) in [4.78, 5) is 29.1. The molecule has 6 nitrogen and oxygen atoms in total. The lowest BCUT2D eigenvalue weighted by molar-refractivity contribution is -0.155. The fraction of sp³-hybridized carbons (Fsp3) is 0.458. The zero-order chi connectivity index (χ0) is 22.1. The summed E-state index contributed by atoms with van der Waals surface area (Å²) >= 11 is 0. The number of rotatable bonds is 11. The van der Waals surface area contributed by atoms with Gasteiger partial charge in [0.2, 0.25) is 0 Å². The van der Waals surface area contributed by atoms with E-state index in [1.807, 2.05) is 25.1 Å². The summed E-state index contributed by atoms with van der Waals surface area (Å²) in [6.45, 7) is 5.67. The molecule has 30 heavy (non-hydrogen) atoms. The van der Waals surface area contributed by atoms with Gasteiger partial charge < -0.3 is 14.6 Å². The minimum atomic E-state index is -0.647. The van der Waals surface area contributed by atoms with E-state index in [9.17, 15) is 14.7 Å². The molecule has 0 unspecified atom stereocenters. The van der Waals surface area contributed by atoms with Gasteiger partial charge in [-0.05, 0) is 31.2 Å². The number of esters is 1. The maximum Gasteiger partial charge on any atom is 0.309 e. The van der Waals surface area contributed by atoms with Crippen LogP contribution in [0.25, 0.3) is 0 Å². The van der Waals surface area contributed by atoms with Crippen molar-refractivity contribution >= 4 is 11.8 Å². The first-order chi connectivity index (χ1) is 14.4. The molecule has 1 aromatic carbocycles. The SMILES string of the molecule is CCC[C@@H](Cc1ccccc1)[C@H](C)OC(=O)[C@H](C)CC(=O)c1nccc(OC)c1O. The molecule has 162 valence electrons. The molecule has 1 aromatic heterocycles. The number of aromatic hydroxyl groups is 1. The summed E-state index contributed by atoms with van der Waals surface area (Å²) < 4.78 is 10.7. The third kappa shape index (κ3) is 6.31. The topological polar surface area (TPSA) is 85.7 Å². The van der Waals surface area contributed by atoms with Gasteiger partial charge in [0.15, 0.2) is 23.0 Å². The molecular weight excluding hydrogens is 382 g/mol. The van der Waals surface area contributed by atoms with E-state index >= 15 is 0 Å². The molecule has 0 spiro atoms. The van der Waals surface area contributed by atoms with Crippen LogP contribution < -0.4 is 4.74 Å². The van der Waals surface area contributed by atoms with E-state index in [0.29, 0.717) is 0 Å². The van der Waals surface area contributed by atoms with Crippen molar-refractivity contribution in [1.82, 2.24) is 4.98 Å². The Morgan fingerprint density at radius 2 is 1.83 bits per heavy atom. The van der Waals surface area contributed by atoms with Gasteiger partial charge in [0, 0.05) is 18.7 Å². The van der Waals surface area contributed by atoms with E-state index in [1.54, 1.807) is 6.92 Å². The summed E-state index contributed by atoms with van der Waals surface area (Å²) in [6.07, 6.45) is 3.79. The smallest absolute Gasteiger partial charge is 0.309 e. The van der Waals surface area contributed by atoms with Crippen molar-refractivity contribution in [3.63, 3.8) is 0 Å². The molecule has 0 saturated carbocycles. The maximum absolute atomic E-state index is 12.6. The number of carbonyl (C=O) groups excluding carboxylic acids is 2. The molecule has 1 heterocycles. The van der Waals surface area contributed by atoms with E-state index in [2.05, 4.69) is 24.0 Å². The molecule has 1 N–H and O–H groups in total. The van der Waals surface area contributed by atoms with Crippen LogP contribution in [0.2, 0.25) is 0 Å². The van der Waals surface area contributed by atoms with E-state index < -0.39 is 17.7 Å². The number of hydrogen-bond acceptors (Lipinski definition) is 6. The van der Waals surface area contributed by atoms with E-state index in [0.717, 1.165) is 19.3 Å². The fourth-order valence-corrected chi connectivity index (χ4v) is 3.45. The van der Waals surface area contributed by atoms with E-state index in [1.165, 1.54) is 24.9 Å². The highest BCUT2D eigenvalue weighted by atomic mass is 16.5. The van der Waals surface area contributed by atoms with Crippen LogP contribution in [0.15, 0.2) is 42.6 Å². The van der Waals surface area contributed by atoms with E-state index in [-0.39, 0.29) is 35.6 Å². The number of ketones is 1. The minimum absolute atomic E-state index is 0.101. The summed E-state index contributed by atoms with van der Waals surface area (Å²) in [5.74, 6) is -1.45. The normalized spacial score (nSPS) is 13.9. The van der Waals surface area contributed by atoms with Crippen molar-refractivity contribution in [2.75, 3.05) is 7.11 Å². The predicted octanol–water partition coefficient (Wildman–Crippen LogP) is 4.60. The molecule has 0 amide bonds. The lowest BCUT2D eigenvalue weighted by Gasteiger charge is -2.25. The van der Waals surface area contributed by atoms with Gasteiger partial charge in [-0.2, -0.15) is 0 Å². The molecule has 0 radical (unpaired) electrons. The summed E-state index contributed by atoms with van der Waals surface area (Å²) in [6, 6.07) is 11.6. The zero-order valence-corrected chi connectivity index (χ0v) is 18.1. The Bertz CT molecular complexity index is 837. The molecule has 0 bridgehead atoms. The Morgan fingerprint density at radius 3 is 2.47 bits per heavy atom. The average molecular weight is 414 g/mol. The first kappa shape index (κ1) is 23.4. The molecule has 0 aliphatic carbocycles. The second-order valence-corrected chi connectivity index (χ2v) is 7.62. The highest BCUT2D eigenvalue weighted by Gasteiger charge is 2.27. The lowest BCUT2D eigenvalue weighted by Crippen LogP contribution is -2.29. The number of hydrogen-bond donors (Lipinski definition) is 1. The summed E-state index contributed by atoms with van der Waals surface area (Å²) in [5.41, 5.74) is 1.11. The largest absolute Gasteiger partial charge is 0.503 e. The van der Waals surface area contributed by atoms with Crippen LogP contribution in [0.5, 0.6) is 11.5 Å². The van der Waals surface area contributed by atoms with Crippen molar-refractivity contribution in [3.8, 4) is 11.5 Å². The number of pyridine rings is 1. The van der Waals surface area contributed by atoms with Gasteiger partial charge in [-0.25, -0.2) is 4.98 Å². The first-order valence-electron chi connectivity index (χ1n) is 10.4. The molecule has 0 aliphatic heterocycles. The van der Waals surface area contributed by atoms with Crippen molar-refractivity contribution in [1.29, 1.82) is 0 Å². The van der Waals surface area contributed by atoms with Gasteiger partial charge in [0.05, 0.1) is 13.0 Å². The monoisotopic (exact) mass is 413 g/mol. The van der Waals surface area contributed by atoms with Crippen LogP contribution in [-0.4, -0.2) is 35.1 Å². The number of aromatic nitrogens is 1. The van der Waals surface area contributed by atoms with Crippen LogP contribution in [0.4, 0.5) is 0 Å². The molecule has 3 atom stereocenters. The summed E-state index contributed by atoms with van der Waals surface area (Å²) in [7, 11) is 1.40. The number of Topliss-reactive ketones (excluding diaryl/α,β-unsaturated/α-hetero) is 1. The van der Waals surface area contributed by atoms with Crippen molar-refractivity contribution in [2.45, 2.75) is 52.6 Å². The van der Waals surface area contributed by atoms with Gasteiger partial charge in [-0.15, -0.1) is 0 Å². The number of carbonyl (C=O) groups is 2. The Hall–Kier alpha value is -2.89. The molecule has 6 heteroatoms. The number of benzene rings is 1. The third-order valence-corrected chi connectivity index (χ3v) is 5.23. The van der Waals surface area contributed by atoms with Gasteiger partial charge in [0.1, 0.15) is 6.10 Å². The first-order valence-corrected chi connectivity index (χ1v) is 10.4. The third-order valence-electron chi connectivity index (χ3n) is 5.23. The van der Waals surface area contributed by atoms with Gasteiger partial charge >= 0.3 is 5.97 Å². The fourth-order valence-electron chi connectivity index (χ4n) is 3.45. The number of methoxy groups -OCH3 is 1. The minimum Gasteiger partial charge on any atom is -0.503 e. The Morgan fingerprint density at radius 1 is 1.13 bits per heavy atom. The molecule has 0 aliphatic rings. The van der Waals surface area contributed by atoms with Crippen LogP contribution in [0.3, 0.4) is 0 Å². The highest BCUT2D eigenvalue weighted by Crippen LogP contribution is 2.29.